The summed E-state index contributed by atoms with van der Waals surface area (Å²) >= 11 is 3.40. The lowest BCUT2D eigenvalue weighted by Gasteiger charge is -2.28. The number of amidine groups is 1. The molecule has 144 valence electrons. The molecule has 0 spiro atoms. The van der Waals surface area contributed by atoms with Crippen molar-refractivity contribution in [3.63, 3.8) is 0 Å². The van der Waals surface area contributed by atoms with Crippen LogP contribution < -0.4 is 5.32 Å². The number of aromatic nitrogens is 2. The number of carbonyl (C=O) groups is 1. The molecule has 0 unspecified atom stereocenters. The fourth-order valence-corrected chi connectivity index (χ4v) is 4.15. The first-order chi connectivity index (χ1) is 13.4. The topological polar surface area (TPSA) is 96.7 Å². The fraction of sp³-hybridized carbons (Fsp3) is 0.167. The number of halogens is 1. The summed E-state index contributed by atoms with van der Waals surface area (Å²) in [5.41, 5.74) is 1.22. The number of hydrogen-bond acceptors (Lipinski definition) is 5. The number of amides is 1. The minimum atomic E-state index is -3.56. The van der Waals surface area contributed by atoms with Crippen molar-refractivity contribution in [1.82, 2.24) is 14.7 Å². The van der Waals surface area contributed by atoms with Gasteiger partial charge < -0.3 is 10.2 Å². The van der Waals surface area contributed by atoms with Crippen molar-refractivity contribution < 1.29 is 13.2 Å². The van der Waals surface area contributed by atoms with Gasteiger partial charge in [-0.05, 0) is 29.8 Å². The third-order valence-electron chi connectivity index (χ3n) is 4.31. The van der Waals surface area contributed by atoms with E-state index in [1.165, 1.54) is 0 Å². The highest BCUT2D eigenvalue weighted by Gasteiger charge is 2.30. The van der Waals surface area contributed by atoms with Crippen LogP contribution in [0.4, 0.5) is 5.82 Å². The Morgan fingerprint density at radius 1 is 1.21 bits per heavy atom. The van der Waals surface area contributed by atoms with Gasteiger partial charge in [-0.1, -0.05) is 28.1 Å². The maximum absolute atomic E-state index is 12.8. The molecule has 2 aliphatic heterocycles. The molecule has 0 saturated heterocycles. The highest BCUT2D eigenvalue weighted by Crippen LogP contribution is 2.20. The summed E-state index contributed by atoms with van der Waals surface area (Å²) in [4.78, 5) is 14.5. The second-order valence-electron chi connectivity index (χ2n) is 6.27. The van der Waals surface area contributed by atoms with Crippen molar-refractivity contribution in [3.05, 3.63) is 70.5 Å². The van der Waals surface area contributed by atoms with Crippen LogP contribution in [0.5, 0.6) is 0 Å². The highest BCUT2D eigenvalue weighted by atomic mass is 79.9. The van der Waals surface area contributed by atoms with Gasteiger partial charge in [-0.3, -0.25) is 4.79 Å². The zero-order valence-electron chi connectivity index (χ0n) is 14.6. The second kappa shape index (κ2) is 7.36. The van der Waals surface area contributed by atoms with Crippen molar-refractivity contribution in [1.29, 1.82) is 0 Å². The first-order valence-electron chi connectivity index (χ1n) is 8.47. The van der Waals surface area contributed by atoms with E-state index in [0.29, 0.717) is 12.4 Å². The Kier molecular flexibility index (Phi) is 4.90. The summed E-state index contributed by atoms with van der Waals surface area (Å²) in [6.07, 6.45) is 6.56. The molecule has 1 aromatic carbocycles. The van der Waals surface area contributed by atoms with Gasteiger partial charge in [-0.15, -0.1) is 4.40 Å². The maximum atomic E-state index is 12.8. The first kappa shape index (κ1) is 18.6. The van der Waals surface area contributed by atoms with E-state index in [0.717, 1.165) is 10.0 Å². The number of fused-ring (bicyclic) bond motifs is 1. The van der Waals surface area contributed by atoms with Crippen LogP contribution in [-0.2, 0) is 21.4 Å². The Balaban J connectivity index is 1.55. The van der Waals surface area contributed by atoms with Crippen molar-refractivity contribution >= 4 is 43.5 Å². The predicted molar refractivity (Wildman–Crippen MR) is 109 cm³/mol. The van der Waals surface area contributed by atoms with Crippen LogP contribution in [-0.4, -0.2) is 47.1 Å². The van der Waals surface area contributed by atoms with Gasteiger partial charge in [0.2, 0.25) is 0 Å². The Morgan fingerprint density at radius 2 is 2.00 bits per heavy atom. The van der Waals surface area contributed by atoms with Crippen molar-refractivity contribution in [2.45, 2.75) is 6.54 Å². The third kappa shape index (κ3) is 3.92. The third-order valence-corrected chi connectivity index (χ3v) is 5.98. The van der Waals surface area contributed by atoms with Crippen LogP contribution >= 0.6 is 15.9 Å². The molecule has 1 aromatic heterocycles. The normalized spacial score (nSPS) is 17.5. The zero-order chi connectivity index (χ0) is 19.7. The Bertz CT molecular complexity index is 1120. The largest absolute Gasteiger partial charge is 0.331 e. The molecule has 0 fully saturated rings. The molecular formula is C18H16BrN5O3S. The van der Waals surface area contributed by atoms with E-state index < -0.39 is 15.9 Å². The van der Waals surface area contributed by atoms with Gasteiger partial charge >= 0.3 is 0 Å². The van der Waals surface area contributed by atoms with Crippen LogP contribution in [0.2, 0.25) is 0 Å². The molecule has 2 aliphatic rings. The molecule has 8 nitrogen and oxygen atoms in total. The van der Waals surface area contributed by atoms with E-state index >= 15 is 0 Å². The molecule has 2 aromatic rings. The molecular weight excluding hydrogens is 446 g/mol. The van der Waals surface area contributed by atoms with Crippen molar-refractivity contribution in [3.8, 4) is 0 Å². The summed E-state index contributed by atoms with van der Waals surface area (Å²) in [5.74, 6) is 0.137. The monoisotopic (exact) mass is 461 g/mol. The predicted octanol–water partition coefficient (Wildman–Crippen LogP) is 2.13. The first-order valence-corrected chi connectivity index (χ1v) is 10.9. The number of carbonyl (C=O) groups excluding carboxylic acids is 1. The summed E-state index contributed by atoms with van der Waals surface area (Å²) in [7, 11) is -3.56. The molecule has 0 radical (unpaired) electrons. The van der Waals surface area contributed by atoms with Crippen LogP contribution in [0.1, 0.15) is 5.56 Å². The van der Waals surface area contributed by atoms with Gasteiger partial charge in [0.05, 0.1) is 24.1 Å². The van der Waals surface area contributed by atoms with Gasteiger partial charge in [0.25, 0.3) is 15.9 Å². The van der Waals surface area contributed by atoms with Crippen LogP contribution in [0, 0.1) is 0 Å². The second-order valence-corrected chi connectivity index (χ2v) is 8.94. The Labute approximate surface area is 170 Å². The number of nitrogens with one attached hydrogen (secondary N) is 1. The average molecular weight is 462 g/mol. The Morgan fingerprint density at radius 3 is 2.79 bits per heavy atom. The molecule has 10 heteroatoms. The molecule has 1 N–H and O–H groups in total. The number of hydrogen-bond donors (Lipinski definition) is 1. The van der Waals surface area contributed by atoms with Gasteiger partial charge in [-0.2, -0.15) is 5.10 Å². The Hall–Kier alpha value is -2.72. The number of nitrogens with zero attached hydrogens (tertiary/aromatic N) is 4. The van der Waals surface area contributed by atoms with Crippen molar-refractivity contribution in [2.24, 2.45) is 4.40 Å². The summed E-state index contributed by atoms with van der Waals surface area (Å²) < 4.78 is 30.1. The van der Waals surface area contributed by atoms with Crippen LogP contribution in [0.3, 0.4) is 0 Å². The van der Waals surface area contributed by atoms with Gasteiger partial charge in [0.15, 0.2) is 5.84 Å². The number of sulfonamides is 1. The van der Waals surface area contributed by atoms with Gasteiger partial charge in [-0.25, -0.2) is 13.1 Å². The van der Waals surface area contributed by atoms with E-state index in [4.69, 9.17) is 0 Å². The molecule has 0 atom stereocenters. The number of benzene rings is 1. The number of allylic oxidation sites excluding steroid dienone is 2. The maximum Gasteiger partial charge on any atom is 0.260 e. The van der Waals surface area contributed by atoms with E-state index in [-0.39, 0.29) is 23.7 Å². The van der Waals surface area contributed by atoms with E-state index in [1.807, 2.05) is 24.3 Å². The SMILES string of the molecule is O=C(Nc1ccnn1Cc1ccc(Br)cc1)C1=CC=CN2CCS(=O)(=O)N=C12. The molecule has 1 amide bonds. The van der Waals surface area contributed by atoms with Crippen LogP contribution in [0.25, 0.3) is 0 Å². The minimum Gasteiger partial charge on any atom is -0.331 e. The quantitative estimate of drug-likeness (QED) is 0.751. The lowest BCUT2D eigenvalue weighted by Crippen LogP contribution is -2.41. The van der Waals surface area contributed by atoms with Crippen molar-refractivity contribution in [2.75, 3.05) is 17.6 Å². The lowest BCUT2D eigenvalue weighted by molar-refractivity contribution is -0.112. The molecule has 4 rings (SSSR count). The summed E-state index contributed by atoms with van der Waals surface area (Å²) in [6, 6.07) is 9.49. The molecule has 0 saturated carbocycles. The van der Waals surface area contributed by atoms with E-state index in [1.54, 1.807) is 40.2 Å². The van der Waals surface area contributed by atoms with Crippen LogP contribution in [0.15, 0.2) is 69.3 Å². The molecule has 0 bridgehead atoms. The highest BCUT2D eigenvalue weighted by molar-refractivity contribution is 9.10. The lowest BCUT2D eigenvalue weighted by atomic mass is 10.1. The fourth-order valence-electron chi connectivity index (χ4n) is 2.90. The molecule has 3 heterocycles. The summed E-state index contributed by atoms with van der Waals surface area (Å²) in [6.45, 7) is 0.750. The summed E-state index contributed by atoms with van der Waals surface area (Å²) in [5, 5.41) is 7.06. The number of rotatable bonds is 4. The minimum absolute atomic E-state index is 0.0737. The van der Waals surface area contributed by atoms with Gasteiger partial charge in [0, 0.05) is 23.3 Å². The zero-order valence-corrected chi connectivity index (χ0v) is 17.0. The van der Waals surface area contributed by atoms with Gasteiger partial charge in [0.1, 0.15) is 5.82 Å². The molecule has 0 aliphatic carbocycles. The standard InChI is InChI=1S/C18H16BrN5O3S/c19-14-5-3-13(4-6-14)12-24-16(7-8-20-24)21-18(25)15-2-1-9-23-10-11-28(26,27)22-17(15)23/h1-9H,10-12H2,(H,21,25). The number of anilines is 1. The smallest absolute Gasteiger partial charge is 0.260 e. The molecule has 28 heavy (non-hydrogen) atoms. The van der Waals surface area contributed by atoms with E-state index in [2.05, 4.69) is 30.7 Å². The average Bonchev–Trinajstić information content (AvgIpc) is 3.09. The van der Waals surface area contributed by atoms with E-state index in [9.17, 15) is 13.2 Å².